The zero-order valence-electron chi connectivity index (χ0n) is 56.2. The number of nitrogens with zero attached hydrogens (tertiary/aromatic N) is 2. The summed E-state index contributed by atoms with van der Waals surface area (Å²) in [6.45, 7) is 24.8. The highest BCUT2D eigenvalue weighted by atomic mass is 35.5. The van der Waals surface area contributed by atoms with E-state index in [1.165, 1.54) is 45.1 Å². The van der Waals surface area contributed by atoms with E-state index in [4.69, 9.17) is 44.9 Å². The van der Waals surface area contributed by atoms with Gasteiger partial charge in [-0.3, -0.25) is 5.26 Å². The zero-order chi connectivity index (χ0) is 64.3. The van der Waals surface area contributed by atoms with Crippen LogP contribution in [0.4, 0.5) is 21.0 Å². The van der Waals surface area contributed by atoms with E-state index in [1.54, 1.807) is 0 Å². The number of ether oxygens (including phenoxy) is 6. The summed E-state index contributed by atoms with van der Waals surface area (Å²) < 4.78 is 40.0. The first kappa shape index (κ1) is 66.4. The first-order valence-corrected chi connectivity index (χ1v) is 35.6. The summed E-state index contributed by atoms with van der Waals surface area (Å²) >= 11 is 7.47. The quantitative estimate of drug-likeness (QED) is 0.0429. The van der Waals surface area contributed by atoms with Crippen molar-refractivity contribution in [3.63, 3.8) is 0 Å². The smallest absolute Gasteiger partial charge is 0.409 e. The number of fused-ring (bicyclic) bond motifs is 2. The van der Waals surface area contributed by atoms with Gasteiger partial charge in [0, 0.05) is 94.7 Å². The molecule has 12 rings (SSSR count). The van der Waals surface area contributed by atoms with Crippen LogP contribution < -0.4 is 15.5 Å². The number of carbonyl (C=O) groups excluding carboxylic acids is 2. The fourth-order valence-electron chi connectivity index (χ4n) is 19.1. The molecule has 0 radical (unpaired) electrons. The number of anilines is 1. The van der Waals surface area contributed by atoms with Crippen molar-refractivity contribution < 1.29 is 57.8 Å². The number of amides is 2. The van der Waals surface area contributed by atoms with Gasteiger partial charge in [-0.2, -0.15) is 4.58 Å². The molecule has 2 amide bonds. The Labute approximate surface area is 547 Å². The number of hydrogen-bond donors (Lipinski definition) is 4. The monoisotopic (exact) mass is 1270 g/mol. The molecule has 2 aromatic rings. The number of hydrogen-bond acceptors (Lipinski definition) is 12. The van der Waals surface area contributed by atoms with E-state index >= 15 is 0 Å². The molecule has 6 aliphatic heterocycles. The third-order valence-electron chi connectivity index (χ3n) is 24.5. The minimum atomic E-state index is -1.08. The van der Waals surface area contributed by atoms with Gasteiger partial charge < -0.3 is 49.1 Å². The molecule has 2 aromatic carbocycles. The van der Waals surface area contributed by atoms with E-state index in [-0.39, 0.29) is 63.5 Å². The van der Waals surface area contributed by atoms with E-state index in [1.807, 2.05) is 20.8 Å². The summed E-state index contributed by atoms with van der Waals surface area (Å²) in [5.41, 5.74) is 7.44. The average Bonchev–Trinajstić information content (AvgIpc) is 1.48. The number of aliphatic hydroxyl groups is 1. The number of rotatable bonds is 20. The summed E-state index contributed by atoms with van der Waals surface area (Å²) in [5.74, 6) is 0.0400. The predicted octanol–water partition coefficient (Wildman–Crippen LogP) is 15.9. The molecule has 16 atom stereocenters. The highest BCUT2D eigenvalue weighted by Crippen LogP contribution is 2.81. The molecule has 91 heavy (non-hydrogen) atoms. The minimum Gasteiger partial charge on any atom is -0.419 e. The molecule has 15 nitrogen and oxygen atoms in total. The Bertz CT molecular complexity index is 3170. The second kappa shape index (κ2) is 26.6. The number of nitrogens with one attached hydrogen (secondary N) is 2. The molecule has 7 fully saturated rings. The number of para-hydroxylation sites is 2. The molecule has 4 N–H and O–H groups in total. The third-order valence-corrected chi connectivity index (χ3v) is 25.0. The van der Waals surface area contributed by atoms with Crippen molar-refractivity contribution in [3.05, 3.63) is 106 Å². The number of allylic oxidation sites excluding steroid dienone is 8. The van der Waals surface area contributed by atoms with Crippen LogP contribution in [-0.2, 0) is 44.1 Å². The maximum atomic E-state index is 13.3. The largest absolute Gasteiger partial charge is 0.419 e. The maximum absolute atomic E-state index is 13.3. The lowest BCUT2D eigenvalue weighted by atomic mass is 9.57. The highest BCUT2D eigenvalue weighted by Gasteiger charge is 2.83. The number of carbonyl (C=O) groups is 2. The number of alkyl carbamates (subject to hydrolysis) is 2. The molecule has 0 bridgehead atoms. The molecule has 3 saturated carbocycles. The first-order chi connectivity index (χ1) is 43.6. The minimum absolute atomic E-state index is 0.0377. The lowest BCUT2D eigenvalue weighted by Gasteiger charge is -2.57. The Balaban J connectivity index is 0.628. The van der Waals surface area contributed by atoms with Gasteiger partial charge in [0.05, 0.1) is 17.6 Å². The van der Waals surface area contributed by atoms with Crippen LogP contribution in [0.25, 0.3) is 0 Å². The number of halogens is 1. The van der Waals surface area contributed by atoms with E-state index in [0.717, 1.165) is 147 Å². The van der Waals surface area contributed by atoms with Gasteiger partial charge >= 0.3 is 12.2 Å². The van der Waals surface area contributed by atoms with Crippen molar-refractivity contribution >= 4 is 40.9 Å². The Morgan fingerprint density at radius 1 is 0.681 bits per heavy atom. The van der Waals surface area contributed by atoms with Crippen molar-refractivity contribution in [1.29, 1.82) is 0 Å². The lowest BCUT2D eigenvalue weighted by Crippen LogP contribution is -2.68. The normalized spacial score (nSPS) is 37.7. The van der Waals surface area contributed by atoms with Crippen molar-refractivity contribution in [2.75, 3.05) is 31.1 Å². The molecule has 10 aliphatic rings. The van der Waals surface area contributed by atoms with Gasteiger partial charge in [-0.05, 0) is 177 Å². The molecule has 2 unspecified atom stereocenters. The molecular weight excluding hydrogens is 1170 g/mol. The van der Waals surface area contributed by atoms with Crippen LogP contribution in [-0.4, -0.2) is 108 Å². The van der Waals surface area contributed by atoms with Gasteiger partial charge in [0.1, 0.15) is 12.1 Å². The highest BCUT2D eigenvalue weighted by molar-refractivity contribution is 6.32. The van der Waals surface area contributed by atoms with Crippen molar-refractivity contribution in [3.8, 4) is 0 Å². The van der Waals surface area contributed by atoms with E-state index in [2.05, 4.69) is 141 Å². The standard InChI is InChI=1S/C75H105ClN4O11/c1-47-30-34-55-50(4)64(87-66-74(55,83)54(47)35-31-48(2)85-66)89-68(81)77-42-19-11-13-21-44-79-59-28-17-15-26-57(59)70(6,7)61(79)36-32-52-24-23-25-53(63(52)76)33-37-62-71(8,9)58-27-16-18-29-60(58)80(62)45-22-14-12-20-43-78-69(82)90-65-51(5)56-39-40-72(10)46-73(72)41-38-49(3)86-67(88-65)75(56,73)91-84/h15-18,26-29,32-33,36-37,47-51,54-56,64-67,83H,11-14,19-25,30-31,34-35,38-46H2,1-10H3,(H2-,77,78,81,82,84)/p+1/t47-,48+,49+,50-,51-,54+,55+,56+,64?,65?,66+,67+,72-,73-,74-,75-/m0/s1. The molecule has 4 saturated heterocycles. The van der Waals surface area contributed by atoms with E-state index in [0.29, 0.717) is 19.0 Å². The van der Waals surface area contributed by atoms with Crippen molar-refractivity contribution in [2.24, 2.45) is 46.3 Å². The summed E-state index contributed by atoms with van der Waals surface area (Å²) in [4.78, 5) is 34.6. The summed E-state index contributed by atoms with van der Waals surface area (Å²) in [6.07, 6.45) is 23.8. The van der Waals surface area contributed by atoms with Gasteiger partial charge in [0.2, 0.25) is 18.3 Å². The molecule has 16 heteroatoms. The van der Waals surface area contributed by atoms with Crippen LogP contribution in [0.3, 0.4) is 0 Å². The van der Waals surface area contributed by atoms with E-state index in [9.17, 15) is 20.0 Å². The van der Waals surface area contributed by atoms with Gasteiger partial charge in [0.15, 0.2) is 23.9 Å². The fraction of sp³-hybridized carbons (Fsp3) is 0.693. The van der Waals surface area contributed by atoms with Crippen LogP contribution >= 0.6 is 11.6 Å². The SMILES string of the molecule is C[C@@H]1CC[C@@H]2[C@@H](C)CC[C@@H]3[C@H](C)C(OC(=O)NCCCCCCN4/C(=C/C=C5\CCCC(/C=C/C6=[N+](CCCCCCNC(=O)OC7O[C@H]8O[C@H](C)CC[C@]9%10C[C@]9(C)CC[C@H]([C@@H]7C)[C@]8%10OO)c7ccccc7C6(C)C)=C5Cl)C(C)(C)c5ccccc54)O[C@@H](O1)[C@@]32O. The second-order valence-electron chi connectivity index (χ2n) is 30.6. The Kier molecular flexibility index (Phi) is 19.4. The molecule has 1 spiro atoms. The fourth-order valence-corrected chi connectivity index (χ4v) is 19.5. The topological polar surface area (TPSA) is 170 Å². The van der Waals surface area contributed by atoms with Crippen LogP contribution in [0.2, 0.25) is 0 Å². The summed E-state index contributed by atoms with van der Waals surface area (Å²) in [6, 6.07) is 17.6. The number of unbranched alkanes of at least 4 members (excludes halogenated alkanes) is 6. The van der Waals surface area contributed by atoms with Gasteiger partial charge in [-0.1, -0.05) is 121 Å². The average molecular weight is 1280 g/mol. The van der Waals surface area contributed by atoms with Crippen LogP contribution in [0.1, 0.15) is 209 Å². The maximum Gasteiger partial charge on any atom is 0.409 e. The Hall–Kier alpha value is -4.58. The molecule has 4 aliphatic carbocycles. The predicted molar refractivity (Wildman–Crippen MR) is 354 cm³/mol. The molecule has 0 aromatic heterocycles. The Morgan fingerprint density at radius 2 is 1.32 bits per heavy atom. The van der Waals surface area contributed by atoms with Crippen molar-refractivity contribution in [1.82, 2.24) is 10.6 Å². The first-order valence-electron chi connectivity index (χ1n) is 35.3. The molecule has 498 valence electrons. The van der Waals surface area contributed by atoms with Gasteiger partial charge in [-0.25, -0.2) is 14.5 Å². The second-order valence-corrected chi connectivity index (χ2v) is 31.0. The van der Waals surface area contributed by atoms with Crippen LogP contribution in [0.5, 0.6) is 0 Å². The third kappa shape index (κ3) is 12.0. The van der Waals surface area contributed by atoms with Gasteiger partial charge in [-0.15, -0.1) is 0 Å². The van der Waals surface area contributed by atoms with Gasteiger partial charge in [0.25, 0.3) is 0 Å². The molecular formula is C75H106ClN4O11+. The Morgan fingerprint density at radius 3 is 2.05 bits per heavy atom. The van der Waals surface area contributed by atoms with Crippen LogP contribution in [0.15, 0.2) is 94.7 Å². The summed E-state index contributed by atoms with van der Waals surface area (Å²) in [7, 11) is 0. The van der Waals surface area contributed by atoms with Crippen LogP contribution in [0, 0.1) is 46.3 Å². The van der Waals surface area contributed by atoms with Crippen molar-refractivity contribution in [2.45, 2.75) is 257 Å². The zero-order valence-corrected chi connectivity index (χ0v) is 56.9. The number of benzene rings is 2. The lowest BCUT2D eigenvalue weighted by molar-refractivity contribution is -0.459. The molecule has 6 heterocycles. The van der Waals surface area contributed by atoms with E-state index < -0.39 is 48.5 Å². The summed E-state index contributed by atoms with van der Waals surface area (Å²) in [5, 5.41) is 29.7.